The molecule has 0 atom stereocenters. The van der Waals surface area contributed by atoms with E-state index in [1.54, 1.807) is 31.5 Å². The van der Waals surface area contributed by atoms with E-state index in [1.165, 1.54) is 0 Å². The molecule has 0 aliphatic rings. The Balaban J connectivity index is 2.61. The first kappa shape index (κ1) is 9.86. The summed E-state index contributed by atoms with van der Waals surface area (Å²) in [5.74, 6) is 0.504. The number of nitrogens with zero attached hydrogens (tertiary/aromatic N) is 2. The van der Waals surface area contributed by atoms with Crippen molar-refractivity contribution in [2.24, 2.45) is 0 Å². The molecule has 1 N–H and O–H groups in total. The summed E-state index contributed by atoms with van der Waals surface area (Å²) in [6.45, 7) is 1.70. The number of aryl methyl sites for hydroxylation is 1. The van der Waals surface area contributed by atoms with Crippen molar-refractivity contribution in [3.63, 3.8) is 0 Å². The van der Waals surface area contributed by atoms with Gasteiger partial charge in [-0.25, -0.2) is 4.98 Å². The number of hydrogen-bond acceptors (Lipinski definition) is 3. The molecule has 0 saturated heterocycles. The van der Waals surface area contributed by atoms with Crippen molar-refractivity contribution >= 4 is 11.6 Å². The van der Waals surface area contributed by atoms with Gasteiger partial charge in [-0.05, 0) is 19.1 Å². The van der Waals surface area contributed by atoms with E-state index in [9.17, 15) is 4.79 Å². The first-order chi connectivity index (χ1) is 7.18. The van der Waals surface area contributed by atoms with Gasteiger partial charge in [-0.15, -0.1) is 0 Å². The van der Waals surface area contributed by atoms with Crippen LogP contribution in [0.2, 0.25) is 5.02 Å². The van der Waals surface area contributed by atoms with Crippen molar-refractivity contribution in [2.75, 3.05) is 0 Å². The molecule has 0 radical (unpaired) electrons. The van der Waals surface area contributed by atoms with Crippen LogP contribution in [-0.4, -0.2) is 15.0 Å². The SMILES string of the molecule is Cc1nc(-c2ccncc2)[nH]c(=O)c1Cl. The van der Waals surface area contributed by atoms with Gasteiger partial charge in [-0.2, -0.15) is 0 Å². The highest BCUT2D eigenvalue weighted by atomic mass is 35.5. The number of halogens is 1. The summed E-state index contributed by atoms with van der Waals surface area (Å²) < 4.78 is 0. The lowest BCUT2D eigenvalue weighted by Gasteiger charge is -2.02. The maximum absolute atomic E-state index is 11.4. The standard InChI is InChI=1S/C10H8ClN3O/c1-6-8(11)10(15)14-9(13-6)7-2-4-12-5-3-7/h2-5H,1H3,(H,13,14,15). The number of pyridine rings is 1. The Morgan fingerprint density at radius 2 is 2.00 bits per heavy atom. The minimum Gasteiger partial charge on any atom is -0.305 e. The number of rotatable bonds is 1. The molecule has 0 aromatic carbocycles. The zero-order valence-electron chi connectivity index (χ0n) is 7.99. The summed E-state index contributed by atoms with van der Waals surface area (Å²) in [6.07, 6.45) is 3.28. The molecule has 2 heterocycles. The Bertz CT molecular complexity index is 536. The number of aromatic nitrogens is 3. The van der Waals surface area contributed by atoms with Crippen LogP contribution in [0.15, 0.2) is 29.3 Å². The Labute approximate surface area is 91.0 Å². The zero-order chi connectivity index (χ0) is 10.8. The molecule has 0 amide bonds. The molecule has 0 aliphatic carbocycles. The molecule has 5 heteroatoms. The molecule has 0 aliphatic heterocycles. The molecule has 4 nitrogen and oxygen atoms in total. The largest absolute Gasteiger partial charge is 0.305 e. The maximum Gasteiger partial charge on any atom is 0.270 e. The average molecular weight is 222 g/mol. The smallest absolute Gasteiger partial charge is 0.270 e. The van der Waals surface area contributed by atoms with Gasteiger partial charge in [0.25, 0.3) is 5.56 Å². The second-order valence-electron chi connectivity index (χ2n) is 3.05. The van der Waals surface area contributed by atoms with Crippen molar-refractivity contribution in [3.8, 4) is 11.4 Å². The van der Waals surface area contributed by atoms with Gasteiger partial charge in [0.2, 0.25) is 0 Å². The predicted molar refractivity (Wildman–Crippen MR) is 57.8 cm³/mol. The molecular formula is C10H8ClN3O. The molecule has 0 saturated carbocycles. The third-order valence-corrected chi connectivity index (χ3v) is 2.43. The Hall–Kier alpha value is -1.68. The first-order valence-electron chi connectivity index (χ1n) is 4.35. The van der Waals surface area contributed by atoms with Gasteiger partial charge in [0.05, 0.1) is 5.69 Å². The lowest BCUT2D eigenvalue weighted by Crippen LogP contribution is -2.11. The highest BCUT2D eigenvalue weighted by Gasteiger charge is 2.06. The topological polar surface area (TPSA) is 58.6 Å². The molecule has 15 heavy (non-hydrogen) atoms. The van der Waals surface area contributed by atoms with Gasteiger partial charge in [0, 0.05) is 18.0 Å². The van der Waals surface area contributed by atoms with Crippen LogP contribution in [0.25, 0.3) is 11.4 Å². The number of aromatic amines is 1. The number of nitrogens with one attached hydrogen (secondary N) is 1. The van der Waals surface area contributed by atoms with E-state index in [0.29, 0.717) is 11.5 Å². The zero-order valence-corrected chi connectivity index (χ0v) is 8.75. The summed E-state index contributed by atoms with van der Waals surface area (Å²) in [5.41, 5.74) is 1.00. The minimum atomic E-state index is -0.323. The van der Waals surface area contributed by atoms with Crippen LogP contribution in [0.4, 0.5) is 0 Å². The predicted octanol–water partition coefficient (Wildman–Crippen LogP) is 1.79. The van der Waals surface area contributed by atoms with Crippen molar-refractivity contribution in [3.05, 3.63) is 45.6 Å². The summed E-state index contributed by atoms with van der Waals surface area (Å²) in [7, 11) is 0. The molecule has 76 valence electrons. The van der Waals surface area contributed by atoms with Gasteiger partial charge in [0.15, 0.2) is 0 Å². The van der Waals surface area contributed by atoms with Crippen LogP contribution in [0.1, 0.15) is 5.69 Å². The molecule has 0 fully saturated rings. The lowest BCUT2D eigenvalue weighted by atomic mass is 10.2. The van der Waals surface area contributed by atoms with Crippen LogP contribution >= 0.6 is 11.6 Å². The second-order valence-corrected chi connectivity index (χ2v) is 3.43. The summed E-state index contributed by atoms with van der Waals surface area (Å²) in [6, 6.07) is 3.54. The maximum atomic E-state index is 11.4. The Morgan fingerprint density at radius 1 is 1.33 bits per heavy atom. The van der Waals surface area contributed by atoms with Gasteiger partial charge in [-0.3, -0.25) is 9.78 Å². The minimum absolute atomic E-state index is 0.132. The van der Waals surface area contributed by atoms with Crippen LogP contribution in [-0.2, 0) is 0 Å². The fourth-order valence-electron chi connectivity index (χ4n) is 1.22. The van der Waals surface area contributed by atoms with Gasteiger partial charge in [-0.1, -0.05) is 11.6 Å². The fraction of sp³-hybridized carbons (Fsp3) is 0.100. The number of H-pyrrole nitrogens is 1. The van der Waals surface area contributed by atoms with Crippen LogP contribution in [0.5, 0.6) is 0 Å². The average Bonchev–Trinajstić information content (AvgIpc) is 2.26. The molecular weight excluding hydrogens is 214 g/mol. The third kappa shape index (κ3) is 1.89. The molecule has 0 unspecified atom stereocenters. The highest BCUT2D eigenvalue weighted by molar-refractivity contribution is 6.30. The second kappa shape index (κ2) is 3.82. The molecule has 2 aromatic rings. The van der Waals surface area contributed by atoms with E-state index in [4.69, 9.17) is 11.6 Å². The summed E-state index contributed by atoms with van der Waals surface area (Å²) in [4.78, 5) is 22.1. The fourth-order valence-corrected chi connectivity index (χ4v) is 1.31. The van der Waals surface area contributed by atoms with Crippen LogP contribution < -0.4 is 5.56 Å². The van der Waals surface area contributed by atoms with Crippen molar-refractivity contribution in [1.29, 1.82) is 0 Å². The molecule has 2 rings (SSSR count). The normalized spacial score (nSPS) is 10.3. The van der Waals surface area contributed by atoms with Crippen molar-refractivity contribution in [1.82, 2.24) is 15.0 Å². The van der Waals surface area contributed by atoms with E-state index in [-0.39, 0.29) is 10.6 Å². The van der Waals surface area contributed by atoms with Crippen LogP contribution in [0.3, 0.4) is 0 Å². The van der Waals surface area contributed by atoms with E-state index < -0.39 is 0 Å². The molecule has 0 spiro atoms. The Kier molecular flexibility index (Phi) is 2.51. The lowest BCUT2D eigenvalue weighted by molar-refractivity contribution is 1.07. The third-order valence-electron chi connectivity index (χ3n) is 1.98. The van der Waals surface area contributed by atoms with Gasteiger partial charge >= 0.3 is 0 Å². The van der Waals surface area contributed by atoms with E-state index in [2.05, 4.69) is 15.0 Å². The monoisotopic (exact) mass is 221 g/mol. The molecule has 2 aromatic heterocycles. The first-order valence-corrected chi connectivity index (χ1v) is 4.73. The van der Waals surface area contributed by atoms with Crippen LogP contribution in [0, 0.1) is 6.92 Å². The van der Waals surface area contributed by atoms with Crippen molar-refractivity contribution < 1.29 is 0 Å². The molecule has 0 bridgehead atoms. The summed E-state index contributed by atoms with van der Waals surface area (Å²) >= 11 is 5.72. The Morgan fingerprint density at radius 3 is 2.60 bits per heavy atom. The van der Waals surface area contributed by atoms with E-state index in [0.717, 1.165) is 5.56 Å². The van der Waals surface area contributed by atoms with E-state index in [1.807, 2.05) is 0 Å². The van der Waals surface area contributed by atoms with Crippen molar-refractivity contribution in [2.45, 2.75) is 6.92 Å². The highest BCUT2D eigenvalue weighted by Crippen LogP contribution is 2.14. The summed E-state index contributed by atoms with van der Waals surface area (Å²) in [5, 5.41) is 0.132. The van der Waals surface area contributed by atoms with Gasteiger partial charge < -0.3 is 4.98 Å². The van der Waals surface area contributed by atoms with Gasteiger partial charge in [0.1, 0.15) is 10.8 Å². The quantitative estimate of drug-likeness (QED) is 0.799. The van der Waals surface area contributed by atoms with E-state index >= 15 is 0 Å². The number of hydrogen-bond donors (Lipinski definition) is 1.